The van der Waals surface area contributed by atoms with Crippen molar-refractivity contribution in [2.24, 2.45) is 0 Å². The van der Waals surface area contributed by atoms with Gasteiger partial charge in [-0.25, -0.2) is 9.18 Å². The summed E-state index contributed by atoms with van der Waals surface area (Å²) in [5.41, 5.74) is 2.24. The van der Waals surface area contributed by atoms with Crippen LogP contribution in [0.4, 0.5) is 14.9 Å². The normalized spacial score (nSPS) is 20.1. The summed E-state index contributed by atoms with van der Waals surface area (Å²) >= 11 is 0. The van der Waals surface area contributed by atoms with E-state index in [4.69, 9.17) is 9.47 Å². The maximum atomic E-state index is 15.2. The van der Waals surface area contributed by atoms with Gasteiger partial charge in [0, 0.05) is 29.9 Å². The van der Waals surface area contributed by atoms with Gasteiger partial charge in [-0.1, -0.05) is 13.0 Å². The molecule has 1 N–H and O–H groups in total. The van der Waals surface area contributed by atoms with Crippen molar-refractivity contribution < 1.29 is 23.5 Å². The van der Waals surface area contributed by atoms with Crippen LogP contribution >= 0.6 is 0 Å². The minimum atomic E-state index is -0.578. The van der Waals surface area contributed by atoms with Gasteiger partial charge in [0.15, 0.2) is 11.6 Å². The van der Waals surface area contributed by atoms with Crippen LogP contribution in [0.3, 0.4) is 0 Å². The van der Waals surface area contributed by atoms with Crippen LogP contribution in [-0.4, -0.2) is 42.3 Å². The lowest BCUT2D eigenvalue weighted by Crippen LogP contribution is -2.47. The highest BCUT2D eigenvalue weighted by Gasteiger charge is 2.47. The van der Waals surface area contributed by atoms with E-state index in [1.54, 1.807) is 18.3 Å². The van der Waals surface area contributed by atoms with Crippen molar-refractivity contribution in [3.05, 3.63) is 42.0 Å². The molecule has 1 aromatic carbocycles. The average molecular weight is 385 g/mol. The molecular weight excluding hydrogens is 365 g/mol. The Bertz CT molecular complexity index is 932. The minimum Gasteiger partial charge on any atom is -0.486 e. The lowest BCUT2D eigenvalue weighted by Gasteiger charge is -2.31. The van der Waals surface area contributed by atoms with Crippen LogP contribution in [0.15, 0.2) is 30.5 Å². The molecule has 0 spiro atoms. The molecule has 4 rings (SSSR count). The summed E-state index contributed by atoms with van der Waals surface area (Å²) in [6, 6.07) is 6.50. The van der Waals surface area contributed by atoms with E-state index in [1.165, 1.54) is 11.8 Å². The molecule has 0 aliphatic carbocycles. The maximum absolute atomic E-state index is 15.2. The fourth-order valence-electron chi connectivity index (χ4n) is 3.50. The van der Waals surface area contributed by atoms with Gasteiger partial charge in [0.2, 0.25) is 5.91 Å². The number of hydrogen-bond acceptors (Lipinski definition) is 5. The largest absolute Gasteiger partial charge is 0.486 e. The van der Waals surface area contributed by atoms with Gasteiger partial charge in [0.05, 0.1) is 12.2 Å². The quantitative estimate of drug-likeness (QED) is 0.875. The van der Waals surface area contributed by atoms with E-state index < -0.39 is 24.1 Å². The van der Waals surface area contributed by atoms with Gasteiger partial charge in [0.1, 0.15) is 18.8 Å². The Morgan fingerprint density at radius 3 is 2.86 bits per heavy atom. The summed E-state index contributed by atoms with van der Waals surface area (Å²) in [4.78, 5) is 29.2. The number of carbonyl (C=O) groups excluding carboxylic acids is 2. The zero-order valence-corrected chi connectivity index (χ0v) is 15.6. The number of aromatic nitrogens is 1. The summed E-state index contributed by atoms with van der Waals surface area (Å²) in [7, 11) is 0. The molecule has 0 bridgehead atoms. The molecule has 8 heteroatoms. The fourth-order valence-corrected chi connectivity index (χ4v) is 3.50. The number of aryl methyl sites for hydroxylation is 1. The molecule has 2 aliphatic rings. The van der Waals surface area contributed by atoms with Crippen molar-refractivity contribution in [3.63, 3.8) is 0 Å². The number of rotatable bonds is 4. The number of hydrogen-bond donors (Lipinski definition) is 1. The molecule has 1 unspecified atom stereocenters. The van der Waals surface area contributed by atoms with Crippen LogP contribution in [0.25, 0.3) is 11.1 Å². The summed E-state index contributed by atoms with van der Waals surface area (Å²) in [6.07, 6.45) is 1.29. The first-order valence-corrected chi connectivity index (χ1v) is 9.14. The number of nitrogens with zero attached hydrogens (tertiary/aromatic N) is 2. The molecule has 1 fully saturated rings. The number of benzene rings is 1. The first kappa shape index (κ1) is 18.2. The second kappa shape index (κ2) is 7.10. The topological polar surface area (TPSA) is 80.8 Å². The molecule has 3 heterocycles. The molecule has 0 saturated carbocycles. The van der Waals surface area contributed by atoms with E-state index >= 15 is 4.39 Å². The van der Waals surface area contributed by atoms with Crippen LogP contribution < -0.4 is 15.0 Å². The predicted molar refractivity (Wildman–Crippen MR) is 99.7 cm³/mol. The smallest absolute Gasteiger partial charge is 0.415 e. The van der Waals surface area contributed by atoms with Crippen molar-refractivity contribution in [2.75, 3.05) is 18.1 Å². The van der Waals surface area contributed by atoms with Crippen molar-refractivity contribution in [3.8, 4) is 16.9 Å². The summed E-state index contributed by atoms with van der Waals surface area (Å²) in [5, 5.41) is 2.64. The summed E-state index contributed by atoms with van der Waals surface area (Å²) in [6.45, 7) is 3.65. The van der Waals surface area contributed by atoms with E-state index in [0.717, 1.165) is 12.1 Å². The number of fused-ring (bicyclic) bond motifs is 3. The van der Waals surface area contributed by atoms with Crippen LogP contribution in [0.5, 0.6) is 5.75 Å². The van der Waals surface area contributed by atoms with E-state index in [0.29, 0.717) is 16.8 Å². The molecule has 2 amide bonds. The second-order valence-electron chi connectivity index (χ2n) is 6.77. The Morgan fingerprint density at radius 2 is 2.18 bits per heavy atom. The standard InChI is InChI=1S/C20H20FN3O4/c1-3-13-5-4-12(8-23-13)14-6-7-15-19(18(14)21)27-10-16-17(9-22-11(2)25)28-20(26)24(15)16/h4-8,16-17H,3,9-10H2,1-2H3,(H,22,25)/t16?,17-/m0/s1. The minimum absolute atomic E-state index is 0.0189. The molecule has 2 aliphatic heterocycles. The zero-order chi connectivity index (χ0) is 19.8. The number of ether oxygens (including phenoxy) is 2. The highest BCUT2D eigenvalue weighted by molar-refractivity contribution is 5.94. The van der Waals surface area contributed by atoms with Crippen LogP contribution in [0, 0.1) is 5.82 Å². The van der Waals surface area contributed by atoms with Gasteiger partial charge in [-0.2, -0.15) is 0 Å². The highest BCUT2D eigenvalue weighted by Crippen LogP contribution is 2.43. The second-order valence-corrected chi connectivity index (χ2v) is 6.77. The average Bonchev–Trinajstić information content (AvgIpc) is 3.03. The summed E-state index contributed by atoms with van der Waals surface area (Å²) < 4.78 is 26.2. The van der Waals surface area contributed by atoms with Crippen molar-refractivity contribution >= 4 is 17.7 Å². The van der Waals surface area contributed by atoms with Gasteiger partial charge < -0.3 is 14.8 Å². The Kier molecular flexibility index (Phi) is 4.62. The summed E-state index contributed by atoms with van der Waals surface area (Å²) in [5.74, 6) is -0.740. The van der Waals surface area contributed by atoms with Gasteiger partial charge in [0.25, 0.3) is 0 Å². The number of nitrogens with one attached hydrogen (secondary N) is 1. The van der Waals surface area contributed by atoms with E-state index in [1.807, 2.05) is 19.1 Å². The fraction of sp³-hybridized carbons (Fsp3) is 0.350. The molecule has 2 atom stereocenters. The number of pyridine rings is 1. The zero-order valence-electron chi connectivity index (χ0n) is 15.6. The Hall–Kier alpha value is -3.16. The molecule has 28 heavy (non-hydrogen) atoms. The Morgan fingerprint density at radius 1 is 1.36 bits per heavy atom. The Balaban J connectivity index is 1.65. The first-order chi connectivity index (χ1) is 13.5. The predicted octanol–water partition coefficient (Wildman–Crippen LogP) is 2.67. The van der Waals surface area contributed by atoms with Gasteiger partial charge in [-0.3, -0.25) is 14.7 Å². The van der Waals surface area contributed by atoms with Gasteiger partial charge in [-0.05, 0) is 24.6 Å². The third kappa shape index (κ3) is 3.04. The van der Waals surface area contributed by atoms with Crippen molar-refractivity contribution in [1.29, 1.82) is 0 Å². The number of halogens is 1. The SMILES string of the molecule is CCc1ccc(-c2ccc3c(c2F)OCC2[C@H](CNC(C)=O)OC(=O)N32)cn1. The van der Waals surface area contributed by atoms with E-state index in [-0.39, 0.29) is 24.8 Å². The molecule has 7 nitrogen and oxygen atoms in total. The Labute approximate surface area is 161 Å². The third-order valence-corrected chi connectivity index (χ3v) is 4.99. The van der Waals surface area contributed by atoms with Crippen LogP contribution in [0.2, 0.25) is 0 Å². The molecule has 146 valence electrons. The molecule has 1 aromatic heterocycles. The first-order valence-electron chi connectivity index (χ1n) is 9.14. The number of anilines is 1. The highest BCUT2D eigenvalue weighted by atomic mass is 19.1. The molecule has 0 radical (unpaired) electrons. The number of carbonyl (C=O) groups is 2. The van der Waals surface area contributed by atoms with Crippen molar-refractivity contribution in [1.82, 2.24) is 10.3 Å². The van der Waals surface area contributed by atoms with Crippen LogP contribution in [-0.2, 0) is 16.0 Å². The molecule has 2 aromatic rings. The van der Waals surface area contributed by atoms with Gasteiger partial charge in [-0.15, -0.1) is 0 Å². The van der Waals surface area contributed by atoms with Crippen molar-refractivity contribution in [2.45, 2.75) is 32.4 Å². The molecular formula is C20H20FN3O4. The van der Waals surface area contributed by atoms with E-state index in [9.17, 15) is 9.59 Å². The van der Waals surface area contributed by atoms with Gasteiger partial charge >= 0.3 is 6.09 Å². The third-order valence-electron chi connectivity index (χ3n) is 4.99. The lowest BCUT2D eigenvalue weighted by molar-refractivity contribution is -0.119. The molecule has 1 saturated heterocycles. The lowest BCUT2D eigenvalue weighted by atomic mass is 10.0. The number of cyclic esters (lactones) is 1. The maximum Gasteiger partial charge on any atom is 0.415 e. The van der Waals surface area contributed by atoms with Crippen LogP contribution in [0.1, 0.15) is 19.5 Å². The monoisotopic (exact) mass is 385 g/mol. The number of amides is 2. The van der Waals surface area contributed by atoms with E-state index in [2.05, 4.69) is 10.3 Å².